The van der Waals surface area contributed by atoms with Crippen molar-refractivity contribution in [2.45, 2.75) is 58.3 Å². The Morgan fingerprint density at radius 3 is 2.13 bits per heavy atom. The largest absolute Gasteiger partial charge is 0.317 e. The molecular weight excluding hydrogens is 192 g/mol. The maximum Gasteiger partial charge on any atom is 0.125 e. The molecule has 0 spiro atoms. The molecular formula is C12H24O3. The third kappa shape index (κ3) is 13.5. The van der Waals surface area contributed by atoms with Gasteiger partial charge in [0.25, 0.3) is 0 Å². The smallest absolute Gasteiger partial charge is 0.125 e. The van der Waals surface area contributed by atoms with Gasteiger partial charge in [-0.15, -0.1) is 0 Å². The molecule has 0 radical (unpaired) electrons. The molecule has 0 aromatic carbocycles. The summed E-state index contributed by atoms with van der Waals surface area (Å²) in [5.41, 5.74) is 0. The molecule has 90 valence electrons. The van der Waals surface area contributed by atoms with Crippen LogP contribution in [0.25, 0.3) is 0 Å². The van der Waals surface area contributed by atoms with Crippen LogP contribution < -0.4 is 0 Å². The van der Waals surface area contributed by atoms with E-state index in [0.717, 1.165) is 6.42 Å². The van der Waals surface area contributed by atoms with Crippen molar-refractivity contribution in [3.05, 3.63) is 12.8 Å². The molecule has 3 nitrogen and oxygen atoms in total. The van der Waals surface area contributed by atoms with Crippen LogP contribution >= 0.6 is 0 Å². The Bertz CT molecular complexity index is 126. The Balaban J connectivity index is 2.83. The van der Waals surface area contributed by atoms with Gasteiger partial charge in [0.15, 0.2) is 0 Å². The fourth-order valence-corrected chi connectivity index (χ4v) is 1.38. The van der Waals surface area contributed by atoms with Crippen LogP contribution in [0.5, 0.6) is 0 Å². The molecule has 0 amide bonds. The molecule has 0 heterocycles. The Hall–Kier alpha value is -0.540. The van der Waals surface area contributed by atoms with Gasteiger partial charge in [0.05, 0.1) is 6.61 Å². The van der Waals surface area contributed by atoms with E-state index in [4.69, 9.17) is 4.89 Å². The van der Waals surface area contributed by atoms with Crippen LogP contribution in [0.2, 0.25) is 0 Å². The van der Waals surface area contributed by atoms with Gasteiger partial charge in [0.2, 0.25) is 0 Å². The topological polar surface area (TPSA) is 27.7 Å². The summed E-state index contributed by atoms with van der Waals surface area (Å²) in [6, 6.07) is 0. The predicted octanol–water partition coefficient (Wildman–Crippen LogP) is 4.15. The van der Waals surface area contributed by atoms with E-state index in [2.05, 4.69) is 23.4 Å². The minimum Gasteiger partial charge on any atom is -0.317 e. The zero-order valence-corrected chi connectivity index (χ0v) is 9.87. The fraction of sp³-hybridized carbons (Fsp3) is 0.833. The molecule has 0 saturated heterocycles. The van der Waals surface area contributed by atoms with Crippen LogP contribution in [-0.2, 0) is 14.8 Å². The lowest BCUT2D eigenvalue weighted by Crippen LogP contribution is -1.95. The fourth-order valence-electron chi connectivity index (χ4n) is 1.38. The second-order valence-electron chi connectivity index (χ2n) is 3.63. The Morgan fingerprint density at radius 2 is 1.53 bits per heavy atom. The predicted molar refractivity (Wildman–Crippen MR) is 60.9 cm³/mol. The van der Waals surface area contributed by atoms with E-state index in [1.165, 1.54) is 51.2 Å². The first-order chi connectivity index (χ1) is 7.41. The quantitative estimate of drug-likeness (QED) is 0.212. The summed E-state index contributed by atoms with van der Waals surface area (Å²) in [5.74, 6) is 0. The summed E-state index contributed by atoms with van der Waals surface area (Å²) in [6.45, 7) is 6.14. The van der Waals surface area contributed by atoms with Crippen LogP contribution in [0.3, 0.4) is 0 Å². The van der Waals surface area contributed by atoms with E-state index >= 15 is 0 Å². The highest BCUT2D eigenvalue weighted by Crippen LogP contribution is 2.08. The van der Waals surface area contributed by atoms with Crippen molar-refractivity contribution in [2.75, 3.05) is 6.61 Å². The minimum absolute atomic E-state index is 0.586. The monoisotopic (exact) mass is 216 g/mol. The summed E-state index contributed by atoms with van der Waals surface area (Å²) in [6.07, 6.45) is 11.5. The standard InChI is InChI=1S/C12H24O3/c1-3-5-6-7-8-9-10-11-12-14-15-13-4-2/h4H,2-3,5-12H2,1H3. The molecule has 0 aliphatic rings. The molecule has 0 fully saturated rings. The molecule has 0 unspecified atom stereocenters. The third-order valence-corrected chi connectivity index (χ3v) is 2.24. The summed E-state index contributed by atoms with van der Waals surface area (Å²) in [4.78, 5) is 9.07. The molecule has 0 saturated carbocycles. The van der Waals surface area contributed by atoms with E-state index in [-0.39, 0.29) is 0 Å². The molecule has 3 heteroatoms. The molecule has 0 atom stereocenters. The van der Waals surface area contributed by atoms with Crippen molar-refractivity contribution in [1.29, 1.82) is 0 Å². The third-order valence-electron chi connectivity index (χ3n) is 2.24. The Labute approximate surface area is 93.3 Å². The Kier molecular flexibility index (Phi) is 13.0. The lowest BCUT2D eigenvalue weighted by Gasteiger charge is -2.01. The van der Waals surface area contributed by atoms with Gasteiger partial charge in [-0.05, 0) is 11.5 Å². The van der Waals surface area contributed by atoms with Crippen LogP contribution in [0.4, 0.5) is 0 Å². The number of hydrogen-bond acceptors (Lipinski definition) is 3. The van der Waals surface area contributed by atoms with Crippen LogP contribution in [0.1, 0.15) is 58.3 Å². The zero-order valence-electron chi connectivity index (χ0n) is 9.87. The highest BCUT2D eigenvalue weighted by Gasteiger charge is 1.92. The molecule has 0 aliphatic carbocycles. The maximum atomic E-state index is 4.73. The van der Waals surface area contributed by atoms with Crippen LogP contribution in [-0.4, -0.2) is 6.61 Å². The number of hydrogen-bond donors (Lipinski definition) is 0. The molecule has 0 N–H and O–H groups in total. The highest BCUT2D eigenvalue weighted by atomic mass is 17.5. The normalized spacial score (nSPS) is 10.2. The zero-order chi connectivity index (χ0) is 11.2. The first kappa shape index (κ1) is 14.5. The summed E-state index contributed by atoms with van der Waals surface area (Å²) < 4.78 is 0. The van der Waals surface area contributed by atoms with Crippen molar-refractivity contribution in [3.8, 4) is 0 Å². The van der Waals surface area contributed by atoms with Gasteiger partial charge in [0.1, 0.15) is 6.26 Å². The molecule has 0 rings (SSSR count). The van der Waals surface area contributed by atoms with Gasteiger partial charge in [-0.25, -0.2) is 0 Å². The first-order valence-electron chi connectivity index (χ1n) is 5.97. The van der Waals surface area contributed by atoms with Crippen molar-refractivity contribution in [1.82, 2.24) is 0 Å². The van der Waals surface area contributed by atoms with E-state index in [9.17, 15) is 0 Å². The van der Waals surface area contributed by atoms with Gasteiger partial charge in [-0.3, -0.25) is 0 Å². The van der Waals surface area contributed by atoms with Gasteiger partial charge in [0, 0.05) is 0 Å². The van der Waals surface area contributed by atoms with Crippen molar-refractivity contribution in [2.24, 2.45) is 0 Å². The summed E-state index contributed by atoms with van der Waals surface area (Å²) in [7, 11) is 0. The van der Waals surface area contributed by atoms with Gasteiger partial charge >= 0.3 is 0 Å². The minimum atomic E-state index is 0.586. The molecule has 15 heavy (non-hydrogen) atoms. The van der Waals surface area contributed by atoms with E-state index in [1.54, 1.807) is 0 Å². The average molecular weight is 216 g/mol. The molecule has 0 bridgehead atoms. The van der Waals surface area contributed by atoms with Crippen molar-refractivity contribution < 1.29 is 14.8 Å². The van der Waals surface area contributed by atoms with E-state index in [1.807, 2.05) is 0 Å². The SMILES string of the molecule is C=COOOCCCCCCCCCC. The maximum absolute atomic E-state index is 4.73. The van der Waals surface area contributed by atoms with E-state index < -0.39 is 0 Å². The number of rotatable bonds is 12. The van der Waals surface area contributed by atoms with Gasteiger partial charge in [-0.2, -0.15) is 4.89 Å². The molecule has 0 aromatic rings. The first-order valence-corrected chi connectivity index (χ1v) is 5.97. The number of unbranched alkanes of at least 4 members (excludes halogenated alkanes) is 7. The van der Waals surface area contributed by atoms with Crippen LogP contribution in [0, 0.1) is 0 Å². The molecule has 0 aromatic heterocycles. The highest BCUT2D eigenvalue weighted by molar-refractivity contribution is 4.45. The van der Waals surface area contributed by atoms with E-state index in [0.29, 0.717) is 6.61 Å². The van der Waals surface area contributed by atoms with Crippen molar-refractivity contribution >= 4 is 0 Å². The average Bonchev–Trinajstić information content (AvgIpc) is 2.26. The second kappa shape index (κ2) is 13.5. The van der Waals surface area contributed by atoms with Gasteiger partial charge in [-0.1, -0.05) is 58.4 Å². The van der Waals surface area contributed by atoms with Crippen LogP contribution in [0.15, 0.2) is 12.8 Å². The lowest BCUT2D eigenvalue weighted by atomic mass is 10.1. The second-order valence-corrected chi connectivity index (χ2v) is 3.63. The molecule has 0 aliphatic heterocycles. The van der Waals surface area contributed by atoms with Crippen molar-refractivity contribution in [3.63, 3.8) is 0 Å². The Morgan fingerprint density at radius 1 is 0.933 bits per heavy atom. The lowest BCUT2D eigenvalue weighted by molar-refractivity contribution is -0.489. The summed E-state index contributed by atoms with van der Waals surface area (Å²) >= 11 is 0. The summed E-state index contributed by atoms with van der Waals surface area (Å²) in [5, 5.41) is 4.32. The van der Waals surface area contributed by atoms with Gasteiger partial charge < -0.3 is 4.89 Å².